The van der Waals surface area contributed by atoms with Gasteiger partial charge in [-0.05, 0) is 12.1 Å². The zero-order chi connectivity index (χ0) is 10.0. The van der Waals surface area contributed by atoms with Gasteiger partial charge in [-0.25, -0.2) is 4.39 Å². The van der Waals surface area contributed by atoms with Crippen LogP contribution in [-0.4, -0.2) is 23.9 Å². The lowest BCUT2D eigenvalue weighted by atomic mass is 10.0. The average molecular weight is 192 g/mol. The molecule has 0 aliphatic carbocycles. The second kappa shape index (κ2) is 3.41. The Morgan fingerprint density at radius 1 is 1.36 bits per heavy atom. The van der Waals surface area contributed by atoms with Crippen LogP contribution in [0.1, 0.15) is 5.56 Å². The highest BCUT2D eigenvalue weighted by Crippen LogP contribution is 2.15. The van der Waals surface area contributed by atoms with Crippen LogP contribution in [0.3, 0.4) is 0 Å². The molecule has 72 valence electrons. The minimum Gasteiger partial charge on any atom is -0.373 e. The molecule has 14 heavy (non-hydrogen) atoms. The number of benzene rings is 1. The number of rotatable bonds is 0. The maximum absolute atomic E-state index is 13.1. The van der Waals surface area contributed by atoms with Gasteiger partial charge in [0.2, 0.25) is 0 Å². The second-order valence-electron chi connectivity index (χ2n) is 3.25. The monoisotopic (exact) mass is 192 g/mol. The van der Waals surface area contributed by atoms with Crippen molar-refractivity contribution in [2.75, 3.05) is 13.2 Å². The first kappa shape index (κ1) is 9.20. The highest BCUT2D eigenvalue weighted by atomic mass is 19.1. The lowest BCUT2D eigenvalue weighted by Crippen LogP contribution is -2.48. The fourth-order valence-electron chi connectivity index (χ4n) is 1.11. The molecule has 1 aliphatic heterocycles. The predicted octanol–water partition coefficient (Wildman–Crippen LogP) is 0.939. The minimum atomic E-state index is -1.08. The lowest BCUT2D eigenvalue weighted by molar-refractivity contribution is -0.140. The lowest BCUT2D eigenvalue weighted by Gasteiger charge is -2.30. The molecule has 3 heteroatoms. The summed E-state index contributed by atoms with van der Waals surface area (Å²) in [6, 6.07) is 6.21. The van der Waals surface area contributed by atoms with Gasteiger partial charge < -0.3 is 9.84 Å². The standard InChI is InChI=1S/C11H9FO2/c12-10-4-2-1-3-9(10)5-6-11(13)7-14-8-11/h1-4,13H,7-8H2. The number of aliphatic hydroxyl groups is 1. The molecule has 2 rings (SSSR count). The fourth-order valence-corrected chi connectivity index (χ4v) is 1.11. The highest BCUT2D eigenvalue weighted by Gasteiger charge is 2.33. The number of hydrogen-bond donors (Lipinski definition) is 1. The van der Waals surface area contributed by atoms with Crippen molar-refractivity contribution in [2.45, 2.75) is 5.60 Å². The molecule has 1 aromatic carbocycles. The third-order valence-electron chi connectivity index (χ3n) is 1.99. The SMILES string of the molecule is OC1(C#Cc2ccccc2F)COC1. The van der Waals surface area contributed by atoms with Gasteiger partial charge in [0.25, 0.3) is 0 Å². The predicted molar refractivity (Wildman–Crippen MR) is 49.0 cm³/mol. The van der Waals surface area contributed by atoms with Gasteiger partial charge in [0.05, 0.1) is 18.8 Å². The molecule has 0 spiro atoms. The molecular formula is C11H9FO2. The van der Waals surface area contributed by atoms with E-state index in [1.165, 1.54) is 6.07 Å². The molecule has 1 aliphatic rings. The normalized spacial score (nSPS) is 17.9. The van der Waals surface area contributed by atoms with Crippen LogP contribution in [0.4, 0.5) is 4.39 Å². The summed E-state index contributed by atoms with van der Waals surface area (Å²) < 4.78 is 17.9. The summed E-state index contributed by atoms with van der Waals surface area (Å²) >= 11 is 0. The zero-order valence-electron chi connectivity index (χ0n) is 7.46. The largest absolute Gasteiger partial charge is 0.373 e. The van der Waals surface area contributed by atoms with Crippen LogP contribution in [-0.2, 0) is 4.74 Å². The van der Waals surface area contributed by atoms with Crippen LogP contribution in [0.25, 0.3) is 0 Å². The first-order valence-electron chi connectivity index (χ1n) is 4.27. The molecule has 0 unspecified atom stereocenters. The molecule has 1 N–H and O–H groups in total. The van der Waals surface area contributed by atoms with Crippen molar-refractivity contribution in [1.82, 2.24) is 0 Å². The van der Waals surface area contributed by atoms with Gasteiger partial charge in [0.15, 0.2) is 5.60 Å². The summed E-state index contributed by atoms with van der Waals surface area (Å²) in [5.41, 5.74) is -0.782. The third-order valence-corrected chi connectivity index (χ3v) is 1.99. The number of halogens is 1. The maximum atomic E-state index is 13.1. The summed E-state index contributed by atoms with van der Waals surface area (Å²) in [6.45, 7) is 0.406. The Kier molecular flexibility index (Phi) is 2.24. The number of hydrogen-bond acceptors (Lipinski definition) is 2. The molecule has 0 radical (unpaired) electrons. The summed E-state index contributed by atoms with van der Waals surface area (Å²) in [5, 5.41) is 9.54. The van der Waals surface area contributed by atoms with Crippen LogP contribution in [0.2, 0.25) is 0 Å². The van der Waals surface area contributed by atoms with E-state index in [0.717, 1.165) is 0 Å². The van der Waals surface area contributed by atoms with Crippen LogP contribution in [0.5, 0.6) is 0 Å². The van der Waals surface area contributed by atoms with Crippen molar-refractivity contribution in [3.63, 3.8) is 0 Å². The van der Waals surface area contributed by atoms with Crippen molar-refractivity contribution in [3.8, 4) is 11.8 Å². The van der Waals surface area contributed by atoms with Gasteiger partial charge in [-0.3, -0.25) is 0 Å². The summed E-state index contributed by atoms with van der Waals surface area (Å²) in [7, 11) is 0. The fraction of sp³-hybridized carbons (Fsp3) is 0.273. The van der Waals surface area contributed by atoms with Crippen molar-refractivity contribution >= 4 is 0 Å². The van der Waals surface area contributed by atoms with E-state index in [-0.39, 0.29) is 19.0 Å². The zero-order valence-corrected chi connectivity index (χ0v) is 7.46. The minimum absolute atomic E-state index is 0.203. The molecule has 1 aromatic rings. The maximum Gasteiger partial charge on any atom is 0.172 e. The third kappa shape index (κ3) is 1.77. The van der Waals surface area contributed by atoms with E-state index in [2.05, 4.69) is 11.8 Å². The Hall–Kier alpha value is -1.37. The van der Waals surface area contributed by atoms with Crippen LogP contribution >= 0.6 is 0 Å². The Bertz CT molecular complexity index is 399. The Labute approximate surface area is 81.3 Å². The molecule has 0 atom stereocenters. The molecule has 0 saturated carbocycles. The molecule has 1 heterocycles. The van der Waals surface area contributed by atoms with Gasteiger partial charge >= 0.3 is 0 Å². The molecule has 0 aromatic heterocycles. The van der Waals surface area contributed by atoms with E-state index in [1.807, 2.05) is 0 Å². The van der Waals surface area contributed by atoms with E-state index >= 15 is 0 Å². The van der Waals surface area contributed by atoms with Crippen molar-refractivity contribution in [3.05, 3.63) is 35.6 Å². The van der Waals surface area contributed by atoms with Gasteiger partial charge in [-0.2, -0.15) is 0 Å². The molecule has 1 saturated heterocycles. The molecule has 0 amide bonds. The summed E-state index contributed by atoms with van der Waals surface area (Å²) in [5.74, 6) is 4.82. The van der Waals surface area contributed by atoms with E-state index in [9.17, 15) is 9.50 Å². The van der Waals surface area contributed by atoms with E-state index in [0.29, 0.717) is 5.56 Å². The number of ether oxygens (including phenoxy) is 1. The van der Waals surface area contributed by atoms with E-state index in [4.69, 9.17) is 4.74 Å². The van der Waals surface area contributed by atoms with Crippen molar-refractivity contribution < 1.29 is 14.2 Å². The Balaban J connectivity index is 2.21. The summed E-state index contributed by atoms with van der Waals surface area (Å²) in [4.78, 5) is 0. The van der Waals surface area contributed by atoms with E-state index < -0.39 is 5.60 Å². The first-order valence-corrected chi connectivity index (χ1v) is 4.27. The first-order chi connectivity index (χ1) is 6.70. The second-order valence-corrected chi connectivity index (χ2v) is 3.25. The smallest absolute Gasteiger partial charge is 0.172 e. The average Bonchev–Trinajstić information content (AvgIpc) is 2.14. The van der Waals surface area contributed by atoms with Gasteiger partial charge in [0.1, 0.15) is 5.82 Å². The van der Waals surface area contributed by atoms with Crippen LogP contribution in [0, 0.1) is 17.7 Å². The summed E-state index contributed by atoms with van der Waals surface area (Å²) in [6.07, 6.45) is 0. The van der Waals surface area contributed by atoms with Crippen LogP contribution < -0.4 is 0 Å². The van der Waals surface area contributed by atoms with Gasteiger partial charge in [-0.1, -0.05) is 24.0 Å². The van der Waals surface area contributed by atoms with Gasteiger partial charge in [0, 0.05) is 0 Å². The molecule has 0 bridgehead atoms. The Morgan fingerprint density at radius 3 is 2.64 bits per heavy atom. The highest BCUT2D eigenvalue weighted by molar-refractivity contribution is 5.37. The topological polar surface area (TPSA) is 29.5 Å². The van der Waals surface area contributed by atoms with Gasteiger partial charge in [-0.15, -0.1) is 0 Å². The Morgan fingerprint density at radius 2 is 2.07 bits per heavy atom. The molecule has 1 fully saturated rings. The van der Waals surface area contributed by atoms with Crippen LogP contribution in [0.15, 0.2) is 24.3 Å². The quantitative estimate of drug-likeness (QED) is 0.620. The van der Waals surface area contributed by atoms with Crippen molar-refractivity contribution in [2.24, 2.45) is 0 Å². The molecular weight excluding hydrogens is 183 g/mol. The van der Waals surface area contributed by atoms with E-state index in [1.54, 1.807) is 18.2 Å². The molecule has 2 nitrogen and oxygen atoms in total. The van der Waals surface area contributed by atoms with Crippen molar-refractivity contribution in [1.29, 1.82) is 0 Å².